The van der Waals surface area contributed by atoms with Gasteiger partial charge in [-0.3, -0.25) is 4.79 Å². The standard InChI is InChI=1S/C17H26N2O2.ClH/c1-12(13-7-9-15(21-3)10-8-13)19(2)17(20)11-14-5-4-6-16(14)18;/h7-10,12,14,16H,4-6,11,18H2,1-3H3;1H/t12?,14-,16+;/m0./s1. The molecular formula is C17H27ClN2O2. The molecule has 1 aliphatic carbocycles. The summed E-state index contributed by atoms with van der Waals surface area (Å²) in [4.78, 5) is 14.3. The largest absolute Gasteiger partial charge is 0.497 e. The van der Waals surface area contributed by atoms with Crippen LogP contribution >= 0.6 is 12.4 Å². The zero-order valence-corrected chi connectivity index (χ0v) is 14.4. The Bertz CT molecular complexity index is 478. The second kappa shape index (κ2) is 8.39. The molecule has 1 aromatic carbocycles. The van der Waals surface area contributed by atoms with E-state index in [2.05, 4.69) is 0 Å². The first kappa shape index (κ1) is 18.8. The van der Waals surface area contributed by atoms with Gasteiger partial charge in [-0.15, -0.1) is 12.4 Å². The van der Waals surface area contributed by atoms with E-state index in [9.17, 15) is 4.79 Å². The van der Waals surface area contributed by atoms with Crippen LogP contribution in [0.3, 0.4) is 0 Å². The molecule has 22 heavy (non-hydrogen) atoms. The summed E-state index contributed by atoms with van der Waals surface area (Å²) in [5.41, 5.74) is 7.18. The van der Waals surface area contributed by atoms with E-state index in [-0.39, 0.29) is 30.4 Å². The van der Waals surface area contributed by atoms with Crippen LogP contribution in [0.1, 0.15) is 44.2 Å². The van der Waals surface area contributed by atoms with E-state index >= 15 is 0 Å². The highest BCUT2D eigenvalue weighted by Gasteiger charge is 2.28. The van der Waals surface area contributed by atoms with Gasteiger partial charge < -0.3 is 15.4 Å². The minimum Gasteiger partial charge on any atom is -0.497 e. The van der Waals surface area contributed by atoms with Gasteiger partial charge in [0.15, 0.2) is 0 Å². The number of nitrogens with zero attached hydrogens (tertiary/aromatic N) is 1. The first-order valence-corrected chi connectivity index (χ1v) is 7.68. The van der Waals surface area contributed by atoms with Crippen molar-refractivity contribution in [3.8, 4) is 5.75 Å². The highest BCUT2D eigenvalue weighted by molar-refractivity contribution is 5.85. The lowest BCUT2D eigenvalue weighted by Crippen LogP contribution is -2.34. The molecule has 1 aliphatic rings. The quantitative estimate of drug-likeness (QED) is 0.904. The predicted molar refractivity (Wildman–Crippen MR) is 91.4 cm³/mol. The summed E-state index contributed by atoms with van der Waals surface area (Å²) in [7, 11) is 3.52. The van der Waals surface area contributed by atoms with Gasteiger partial charge in [0, 0.05) is 19.5 Å². The van der Waals surface area contributed by atoms with E-state index in [0.29, 0.717) is 12.3 Å². The van der Waals surface area contributed by atoms with Crippen molar-refractivity contribution in [1.29, 1.82) is 0 Å². The number of halogens is 1. The van der Waals surface area contributed by atoms with Crippen LogP contribution in [0.2, 0.25) is 0 Å². The number of methoxy groups -OCH3 is 1. The minimum absolute atomic E-state index is 0. The van der Waals surface area contributed by atoms with Crippen LogP contribution in [-0.4, -0.2) is 31.0 Å². The normalized spacial score (nSPS) is 21.8. The lowest BCUT2D eigenvalue weighted by atomic mass is 9.98. The fourth-order valence-electron chi connectivity index (χ4n) is 3.01. The molecule has 1 unspecified atom stereocenters. The smallest absolute Gasteiger partial charge is 0.223 e. The second-order valence-electron chi connectivity index (χ2n) is 6.01. The summed E-state index contributed by atoms with van der Waals surface area (Å²) in [6.07, 6.45) is 3.85. The lowest BCUT2D eigenvalue weighted by Gasteiger charge is -2.27. The number of nitrogens with two attached hydrogens (primary N) is 1. The molecule has 0 aliphatic heterocycles. The maximum absolute atomic E-state index is 12.4. The van der Waals surface area contributed by atoms with Gasteiger partial charge in [0.25, 0.3) is 0 Å². The Labute approximate surface area is 139 Å². The molecule has 0 saturated heterocycles. The Morgan fingerprint density at radius 3 is 2.50 bits per heavy atom. The third-order valence-electron chi connectivity index (χ3n) is 4.73. The first-order chi connectivity index (χ1) is 10.0. The molecular weight excluding hydrogens is 300 g/mol. The van der Waals surface area contributed by atoms with Crippen molar-refractivity contribution in [3.05, 3.63) is 29.8 Å². The van der Waals surface area contributed by atoms with Crippen molar-refractivity contribution >= 4 is 18.3 Å². The summed E-state index contributed by atoms with van der Waals surface area (Å²) in [6, 6.07) is 8.12. The molecule has 3 atom stereocenters. The fraction of sp³-hybridized carbons (Fsp3) is 0.588. The van der Waals surface area contributed by atoms with Gasteiger partial charge in [0.2, 0.25) is 5.91 Å². The van der Waals surface area contributed by atoms with Crippen LogP contribution in [0.15, 0.2) is 24.3 Å². The predicted octanol–water partition coefficient (Wildman–Crippen LogP) is 3.15. The van der Waals surface area contributed by atoms with Gasteiger partial charge in [0.1, 0.15) is 5.75 Å². The van der Waals surface area contributed by atoms with Crippen molar-refractivity contribution in [1.82, 2.24) is 4.90 Å². The summed E-state index contributed by atoms with van der Waals surface area (Å²) >= 11 is 0. The molecule has 1 amide bonds. The number of amides is 1. The fourth-order valence-corrected chi connectivity index (χ4v) is 3.01. The number of carbonyl (C=O) groups is 1. The average Bonchev–Trinajstić information content (AvgIpc) is 2.91. The third-order valence-corrected chi connectivity index (χ3v) is 4.73. The average molecular weight is 327 g/mol. The molecule has 2 rings (SSSR count). The molecule has 0 radical (unpaired) electrons. The molecule has 2 N–H and O–H groups in total. The third kappa shape index (κ3) is 4.37. The number of ether oxygens (including phenoxy) is 1. The van der Waals surface area contributed by atoms with Crippen LogP contribution in [0, 0.1) is 5.92 Å². The van der Waals surface area contributed by atoms with Crippen molar-refractivity contribution < 1.29 is 9.53 Å². The SMILES string of the molecule is COc1ccc(C(C)N(C)C(=O)C[C@@H]2CCC[C@H]2N)cc1.Cl. The highest BCUT2D eigenvalue weighted by Crippen LogP contribution is 2.29. The number of rotatable bonds is 5. The van der Waals surface area contributed by atoms with Crippen LogP contribution < -0.4 is 10.5 Å². The van der Waals surface area contributed by atoms with Crippen molar-refractivity contribution in [3.63, 3.8) is 0 Å². The van der Waals surface area contributed by atoms with E-state index in [1.165, 1.54) is 0 Å². The Balaban J connectivity index is 0.00000242. The van der Waals surface area contributed by atoms with E-state index in [1.54, 1.807) is 7.11 Å². The molecule has 0 spiro atoms. The van der Waals surface area contributed by atoms with Gasteiger partial charge >= 0.3 is 0 Å². The summed E-state index contributed by atoms with van der Waals surface area (Å²) in [5.74, 6) is 1.36. The number of hydrogen-bond donors (Lipinski definition) is 1. The van der Waals surface area contributed by atoms with Gasteiger partial charge in [-0.1, -0.05) is 18.6 Å². The van der Waals surface area contributed by atoms with Crippen LogP contribution in [0.25, 0.3) is 0 Å². The molecule has 1 saturated carbocycles. The van der Waals surface area contributed by atoms with Gasteiger partial charge in [-0.05, 0) is 43.4 Å². The van der Waals surface area contributed by atoms with E-state index in [0.717, 1.165) is 30.6 Å². The summed E-state index contributed by atoms with van der Waals surface area (Å²) < 4.78 is 5.16. The number of hydrogen-bond acceptors (Lipinski definition) is 3. The maximum atomic E-state index is 12.4. The first-order valence-electron chi connectivity index (χ1n) is 7.68. The molecule has 1 fully saturated rings. The van der Waals surface area contributed by atoms with Crippen LogP contribution in [-0.2, 0) is 4.79 Å². The maximum Gasteiger partial charge on any atom is 0.223 e. The second-order valence-corrected chi connectivity index (χ2v) is 6.01. The molecule has 0 bridgehead atoms. The Morgan fingerprint density at radius 2 is 2.00 bits per heavy atom. The zero-order valence-electron chi connectivity index (χ0n) is 13.6. The van der Waals surface area contributed by atoms with Gasteiger partial charge in [-0.2, -0.15) is 0 Å². The molecule has 0 heterocycles. The minimum atomic E-state index is 0. The van der Waals surface area contributed by atoms with Gasteiger partial charge in [0.05, 0.1) is 13.2 Å². The highest BCUT2D eigenvalue weighted by atomic mass is 35.5. The Kier molecular flexibility index (Phi) is 7.17. The summed E-state index contributed by atoms with van der Waals surface area (Å²) in [5, 5.41) is 0. The number of benzene rings is 1. The molecule has 5 heteroatoms. The molecule has 1 aromatic rings. The van der Waals surface area contributed by atoms with E-state index in [4.69, 9.17) is 10.5 Å². The topological polar surface area (TPSA) is 55.6 Å². The van der Waals surface area contributed by atoms with Gasteiger partial charge in [-0.25, -0.2) is 0 Å². The van der Waals surface area contributed by atoms with E-state index in [1.807, 2.05) is 43.1 Å². The number of carbonyl (C=O) groups excluding carboxylic acids is 1. The Morgan fingerprint density at radius 1 is 1.36 bits per heavy atom. The van der Waals surface area contributed by atoms with E-state index < -0.39 is 0 Å². The van der Waals surface area contributed by atoms with Crippen molar-refractivity contribution in [2.75, 3.05) is 14.2 Å². The monoisotopic (exact) mass is 326 g/mol. The summed E-state index contributed by atoms with van der Waals surface area (Å²) in [6.45, 7) is 2.05. The van der Waals surface area contributed by atoms with Crippen molar-refractivity contribution in [2.45, 2.75) is 44.7 Å². The lowest BCUT2D eigenvalue weighted by molar-refractivity contribution is -0.132. The Hall–Kier alpha value is -1.26. The van der Waals surface area contributed by atoms with Crippen LogP contribution in [0.4, 0.5) is 0 Å². The molecule has 124 valence electrons. The molecule has 4 nitrogen and oxygen atoms in total. The molecule has 0 aromatic heterocycles. The van der Waals surface area contributed by atoms with Crippen molar-refractivity contribution in [2.24, 2.45) is 11.7 Å². The zero-order chi connectivity index (χ0) is 15.4. The van der Waals surface area contributed by atoms with Crippen LogP contribution in [0.5, 0.6) is 5.75 Å².